The van der Waals surface area contributed by atoms with Gasteiger partial charge in [-0.1, -0.05) is 20.8 Å². The van der Waals surface area contributed by atoms with Gasteiger partial charge in [0.25, 0.3) is 0 Å². The van der Waals surface area contributed by atoms with Crippen molar-refractivity contribution in [2.24, 2.45) is 10.8 Å². The predicted octanol–water partition coefficient (Wildman–Crippen LogP) is 5.46. The van der Waals surface area contributed by atoms with Crippen LogP contribution in [-0.2, 0) is 19.9 Å². The molecular formula is C23H30F4O5. The van der Waals surface area contributed by atoms with E-state index in [-0.39, 0.29) is 11.2 Å². The number of alkyl halides is 3. The summed E-state index contributed by atoms with van der Waals surface area (Å²) in [4.78, 5) is 11.5. The van der Waals surface area contributed by atoms with Crippen molar-refractivity contribution in [3.05, 3.63) is 29.6 Å². The van der Waals surface area contributed by atoms with E-state index in [1.165, 1.54) is 12.1 Å². The second-order valence-electron chi connectivity index (χ2n) is 10.1. The minimum absolute atomic E-state index is 0.147. The first-order valence-corrected chi connectivity index (χ1v) is 10.7. The summed E-state index contributed by atoms with van der Waals surface area (Å²) in [6.07, 6.45) is -2.03. The number of carbonyl (C=O) groups is 1. The first kappa shape index (κ1) is 24.8. The average molecular weight is 462 g/mol. The summed E-state index contributed by atoms with van der Waals surface area (Å²) < 4.78 is 68.1. The van der Waals surface area contributed by atoms with Gasteiger partial charge in [-0.2, -0.15) is 13.2 Å². The van der Waals surface area contributed by atoms with E-state index in [2.05, 4.69) is 0 Å². The van der Waals surface area contributed by atoms with Crippen LogP contribution >= 0.6 is 0 Å². The summed E-state index contributed by atoms with van der Waals surface area (Å²) >= 11 is 0. The molecule has 1 N–H and O–H groups in total. The van der Waals surface area contributed by atoms with Crippen LogP contribution in [-0.4, -0.2) is 43.2 Å². The fourth-order valence-electron chi connectivity index (χ4n) is 4.62. The molecule has 0 spiro atoms. The van der Waals surface area contributed by atoms with E-state index in [1.54, 1.807) is 0 Å². The summed E-state index contributed by atoms with van der Waals surface area (Å²) in [5, 5.41) is 9.41. The molecule has 1 saturated carbocycles. The highest BCUT2D eigenvalue weighted by atomic mass is 19.4. The average Bonchev–Trinajstić information content (AvgIpc) is 2.69. The molecule has 180 valence electrons. The van der Waals surface area contributed by atoms with E-state index < -0.39 is 41.7 Å². The number of aliphatic carboxylic acids is 1. The molecule has 32 heavy (non-hydrogen) atoms. The summed E-state index contributed by atoms with van der Waals surface area (Å²) in [6, 6.07) is 3.66. The molecule has 2 saturated heterocycles. The monoisotopic (exact) mass is 462 g/mol. The molecule has 1 aromatic carbocycles. The highest BCUT2D eigenvalue weighted by Crippen LogP contribution is 2.55. The third-order valence-corrected chi connectivity index (χ3v) is 6.50. The van der Waals surface area contributed by atoms with Crippen LogP contribution in [0.1, 0.15) is 58.4 Å². The standard InChI is InChI=1S/C23H30F4O5/c1-20(2,3)18(19(28)29)30-9-8-21-4-6-22(7-5-21,32-13-21)15-10-16(24)12-17(11-15)31-14-23(25,26)27/h10-12,18H,4-9,13-14H2,1-3H3,(H,28,29). The van der Waals surface area contributed by atoms with Crippen LogP contribution in [0.3, 0.4) is 0 Å². The lowest BCUT2D eigenvalue weighted by Crippen LogP contribution is -2.50. The Morgan fingerprint density at radius 2 is 1.81 bits per heavy atom. The minimum atomic E-state index is -4.51. The minimum Gasteiger partial charge on any atom is -0.484 e. The SMILES string of the molecule is CC(C)(C)C(OCCC12CCC(c3cc(F)cc(OCC(F)(F)F)c3)(CC1)OC2)C(=O)O. The molecule has 1 aliphatic carbocycles. The first-order chi connectivity index (χ1) is 14.7. The summed E-state index contributed by atoms with van der Waals surface area (Å²) in [5.41, 5.74) is -0.947. The smallest absolute Gasteiger partial charge is 0.422 e. The second-order valence-corrected chi connectivity index (χ2v) is 10.1. The van der Waals surface area contributed by atoms with Gasteiger partial charge in [0.2, 0.25) is 0 Å². The lowest BCUT2D eigenvalue weighted by atomic mass is 9.63. The van der Waals surface area contributed by atoms with Crippen LogP contribution in [0.15, 0.2) is 18.2 Å². The van der Waals surface area contributed by atoms with Crippen molar-refractivity contribution in [1.82, 2.24) is 0 Å². The zero-order valence-corrected chi connectivity index (χ0v) is 18.6. The fourth-order valence-corrected chi connectivity index (χ4v) is 4.62. The zero-order chi connectivity index (χ0) is 23.8. The third-order valence-electron chi connectivity index (χ3n) is 6.50. The molecule has 1 atom stereocenters. The van der Waals surface area contributed by atoms with Gasteiger partial charge in [0, 0.05) is 12.7 Å². The number of carboxylic acids is 1. The number of halogens is 4. The quantitative estimate of drug-likeness (QED) is 0.520. The van der Waals surface area contributed by atoms with Gasteiger partial charge in [-0.05, 0) is 60.6 Å². The Morgan fingerprint density at radius 3 is 2.31 bits per heavy atom. The number of rotatable bonds is 8. The van der Waals surface area contributed by atoms with Crippen molar-refractivity contribution in [2.75, 3.05) is 19.8 Å². The topological polar surface area (TPSA) is 65.0 Å². The summed E-state index contributed by atoms with van der Waals surface area (Å²) in [7, 11) is 0. The maximum Gasteiger partial charge on any atom is 0.422 e. The molecule has 0 amide bonds. The van der Waals surface area contributed by atoms with E-state index >= 15 is 0 Å². The van der Waals surface area contributed by atoms with Gasteiger partial charge in [-0.3, -0.25) is 0 Å². The fraction of sp³-hybridized carbons (Fsp3) is 0.696. The summed E-state index contributed by atoms with van der Waals surface area (Å²) in [6.45, 7) is 4.65. The first-order valence-electron chi connectivity index (χ1n) is 10.7. The van der Waals surface area contributed by atoms with Gasteiger partial charge in [0.1, 0.15) is 11.6 Å². The maximum atomic E-state index is 14.1. The molecule has 3 aliphatic rings. The van der Waals surface area contributed by atoms with Crippen molar-refractivity contribution < 1.29 is 41.7 Å². The Bertz CT molecular complexity index is 806. The van der Waals surface area contributed by atoms with Crippen molar-refractivity contribution in [3.63, 3.8) is 0 Å². The number of carboxylic acid groups (broad SMARTS) is 1. The largest absolute Gasteiger partial charge is 0.484 e. The molecule has 0 radical (unpaired) electrons. The van der Waals surface area contributed by atoms with Crippen molar-refractivity contribution in [2.45, 2.75) is 70.8 Å². The van der Waals surface area contributed by atoms with Crippen molar-refractivity contribution in [1.29, 1.82) is 0 Å². The molecule has 1 aromatic rings. The van der Waals surface area contributed by atoms with Crippen LogP contribution in [0.5, 0.6) is 5.75 Å². The second kappa shape index (κ2) is 8.82. The van der Waals surface area contributed by atoms with Gasteiger partial charge < -0.3 is 19.3 Å². The van der Waals surface area contributed by atoms with Gasteiger partial charge >= 0.3 is 12.1 Å². The van der Waals surface area contributed by atoms with Crippen molar-refractivity contribution >= 4 is 5.97 Å². The Balaban J connectivity index is 1.63. The molecule has 4 rings (SSSR count). The third kappa shape index (κ3) is 5.73. The van der Waals surface area contributed by atoms with Crippen LogP contribution in [0.25, 0.3) is 0 Å². The van der Waals surface area contributed by atoms with E-state index in [4.69, 9.17) is 14.2 Å². The molecule has 2 bridgehead atoms. The van der Waals surface area contributed by atoms with Crippen LogP contribution in [0.2, 0.25) is 0 Å². The molecule has 0 aromatic heterocycles. The molecule has 9 heteroatoms. The van der Waals surface area contributed by atoms with E-state index in [0.717, 1.165) is 18.9 Å². The lowest BCUT2D eigenvalue weighted by Gasteiger charge is -2.53. The van der Waals surface area contributed by atoms with Crippen LogP contribution < -0.4 is 4.74 Å². The van der Waals surface area contributed by atoms with Gasteiger partial charge in [0.05, 0.1) is 12.2 Å². The number of ether oxygens (including phenoxy) is 3. The maximum absolute atomic E-state index is 14.1. The molecular weight excluding hydrogens is 432 g/mol. The van der Waals surface area contributed by atoms with E-state index in [9.17, 15) is 27.5 Å². The van der Waals surface area contributed by atoms with E-state index in [0.29, 0.717) is 38.0 Å². The number of hydrogen-bond donors (Lipinski definition) is 1. The molecule has 2 heterocycles. The van der Waals surface area contributed by atoms with Gasteiger partial charge in [0.15, 0.2) is 12.7 Å². The molecule has 5 nitrogen and oxygen atoms in total. The lowest BCUT2D eigenvalue weighted by molar-refractivity contribution is -0.197. The Hall–Kier alpha value is -1.87. The molecule has 1 unspecified atom stereocenters. The predicted molar refractivity (Wildman–Crippen MR) is 108 cm³/mol. The summed E-state index contributed by atoms with van der Waals surface area (Å²) in [5.74, 6) is -1.84. The zero-order valence-electron chi connectivity index (χ0n) is 18.6. The van der Waals surface area contributed by atoms with Gasteiger partial charge in [-0.15, -0.1) is 0 Å². The number of hydrogen-bond acceptors (Lipinski definition) is 4. The number of benzene rings is 1. The van der Waals surface area contributed by atoms with Gasteiger partial charge in [-0.25, -0.2) is 9.18 Å². The Labute approximate surface area is 185 Å². The highest BCUT2D eigenvalue weighted by molar-refractivity contribution is 5.73. The van der Waals surface area contributed by atoms with Crippen LogP contribution in [0.4, 0.5) is 17.6 Å². The highest BCUT2D eigenvalue weighted by Gasteiger charge is 2.50. The van der Waals surface area contributed by atoms with E-state index in [1.807, 2.05) is 20.8 Å². The Kier molecular flexibility index (Phi) is 6.82. The van der Waals surface area contributed by atoms with Crippen molar-refractivity contribution in [3.8, 4) is 5.75 Å². The molecule has 2 aliphatic heterocycles. The normalized spacial score (nSPS) is 26.7. The molecule has 3 fully saturated rings. The number of fused-ring (bicyclic) bond motifs is 3. The van der Waals surface area contributed by atoms with Crippen LogP contribution in [0, 0.1) is 16.6 Å². The Morgan fingerprint density at radius 1 is 1.16 bits per heavy atom.